The standard InChI is InChI=1S/C34H61NO14/c1-3-5-6-31(4-2)34(38)49-30-29-48-28-27-47-26-25-46-24-23-45-22-21-44-20-19-43-18-17-42-16-15-41-14-13-40-12-11-39-10-9-35-32(36)7-8-33(35)37/h7-8,31H,3-6,9-30H2,1-2H3. The molecule has 15 nitrogen and oxygen atoms in total. The van der Waals surface area contributed by atoms with Crippen molar-refractivity contribution in [3.63, 3.8) is 0 Å². The summed E-state index contributed by atoms with van der Waals surface area (Å²) in [5.74, 6) is -0.754. The summed E-state index contributed by atoms with van der Waals surface area (Å²) < 4.78 is 59.8. The van der Waals surface area contributed by atoms with Crippen LogP contribution in [0.2, 0.25) is 0 Å². The van der Waals surface area contributed by atoms with E-state index in [9.17, 15) is 14.4 Å². The Labute approximate surface area is 292 Å². The highest BCUT2D eigenvalue weighted by Gasteiger charge is 2.22. The molecule has 0 aromatic rings. The van der Waals surface area contributed by atoms with E-state index in [4.69, 9.17) is 52.1 Å². The zero-order chi connectivity index (χ0) is 35.5. The summed E-state index contributed by atoms with van der Waals surface area (Å²) in [6.07, 6.45) is 6.32. The molecular formula is C34H61NO14. The van der Waals surface area contributed by atoms with Gasteiger partial charge in [0.1, 0.15) is 6.61 Å². The number of amides is 2. The first kappa shape index (κ1) is 45.0. The third-order valence-electron chi connectivity index (χ3n) is 6.91. The smallest absolute Gasteiger partial charge is 0.308 e. The molecule has 15 heteroatoms. The summed E-state index contributed by atoms with van der Waals surface area (Å²) in [7, 11) is 0. The molecule has 0 aromatic heterocycles. The Morgan fingerprint density at radius 2 is 0.816 bits per heavy atom. The summed E-state index contributed by atoms with van der Waals surface area (Å²) in [5, 5.41) is 0. The van der Waals surface area contributed by atoms with Crippen molar-refractivity contribution < 1.29 is 66.5 Å². The van der Waals surface area contributed by atoms with Crippen LogP contribution in [-0.4, -0.2) is 168 Å². The lowest BCUT2D eigenvalue weighted by molar-refractivity contribution is -0.150. The van der Waals surface area contributed by atoms with Crippen LogP contribution in [0.15, 0.2) is 12.2 Å². The van der Waals surface area contributed by atoms with E-state index in [-0.39, 0.29) is 43.5 Å². The highest BCUT2D eigenvalue weighted by atomic mass is 16.6. The van der Waals surface area contributed by atoms with Gasteiger partial charge in [0.05, 0.1) is 145 Å². The van der Waals surface area contributed by atoms with E-state index in [1.165, 1.54) is 12.2 Å². The molecule has 1 heterocycles. The van der Waals surface area contributed by atoms with Gasteiger partial charge in [0.25, 0.3) is 11.8 Å². The van der Waals surface area contributed by atoms with Crippen molar-refractivity contribution >= 4 is 17.8 Å². The number of esters is 1. The highest BCUT2D eigenvalue weighted by molar-refractivity contribution is 6.12. The molecule has 1 aliphatic rings. The number of hydrogen-bond donors (Lipinski definition) is 0. The van der Waals surface area contributed by atoms with Crippen molar-refractivity contribution in [1.82, 2.24) is 4.90 Å². The maximum absolute atomic E-state index is 12.0. The van der Waals surface area contributed by atoms with Crippen LogP contribution in [0.4, 0.5) is 0 Å². The second-order valence-corrected chi connectivity index (χ2v) is 10.7. The molecule has 49 heavy (non-hydrogen) atoms. The predicted molar refractivity (Wildman–Crippen MR) is 178 cm³/mol. The number of nitrogens with zero attached hydrogens (tertiary/aromatic N) is 1. The minimum Gasteiger partial charge on any atom is -0.463 e. The fourth-order valence-corrected chi connectivity index (χ4v) is 4.15. The van der Waals surface area contributed by atoms with Gasteiger partial charge in [-0.25, -0.2) is 0 Å². The van der Waals surface area contributed by atoms with Gasteiger partial charge in [-0.1, -0.05) is 26.7 Å². The van der Waals surface area contributed by atoms with Crippen molar-refractivity contribution in [3.05, 3.63) is 12.2 Å². The Morgan fingerprint density at radius 1 is 0.510 bits per heavy atom. The van der Waals surface area contributed by atoms with E-state index in [2.05, 4.69) is 6.92 Å². The molecule has 0 spiro atoms. The molecular weight excluding hydrogens is 646 g/mol. The normalized spacial score (nSPS) is 13.6. The molecule has 2 amide bonds. The molecule has 0 radical (unpaired) electrons. The van der Waals surface area contributed by atoms with Gasteiger partial charge >= 0.3 is 5.97 Å². The van der Waals surface area contributed by atoms with Gasteiger partial charge in [-0.05, 0) is 12.8 Å². The number of imide groups is 1. The SMILES string of the molecule is CCCCC(CC)C(=O)OCCOCCOCCOCCOCCOCCOCCOCCOCCOCCOCCN1C(=O)C=CC1=O. The predicted octanol–water partition coefficient (Wildman–Crippen LogP) is 1.84. The van der Waals surface area contributed by atoms with E-state index in [1.807, 2.05) is 6.92 Å². The van der Waals surface area contributed by atoms with Crippen LogP contribution >= 0.6 is 0 Å². The molecule has 1 aliphatic heterocycles. The molecule has 286 valence electrons. The zero-order valence-electron chi connectivity index (χ0n) is 29.8. The van der Waals surface area contributed by atoms with E-state index >= 15 is 0 Å². The molecule has 0 saturated heterocycles. The lowest BCUT2D eigenvalue weighted by Gasteiger charge is -2.13. The third-order valence-corrected chi connectivity index (χ3v) is 6.91. The Bertz CT molecular complexity index is 813. The quantitative estimate of drug-likeness (QED) is 0.0521. The maximum atomic E-state index is 12.0. The van der Waals surface area contributed by atoms with Gasteiger partial charge in [-0.15, -0.1) is 0 Å². The monoisotopic (exact) mass is 707 g/mol. The average molecular weight is 708 g/mol. The summed E-state index contributed by atoms with van der Waals surface area (Å²) in [5.41, 5.74) is 0. The first-order chi connectivity index (χ1) is 24.1. The number of rotatable bonds is 38. The highest BCUT2D eigenvalue weighted by Crippen LogP contribution is 2.14. The molecule has 0 aromatic carbocycles. The number of hydrogen-bond acceptors (Lipinski definition) is 14. The summed E-state index contributed by atoms with van der Waals surface area (Å²) in [6, 6.07) is 0. The van der Waals surface area contributed by atoms with Crippen molar-refractivity contribution in [3.8, 4) is 0 Å². The maximum Gasteiger partial charge on any atom is 0.308 e. The van der Waals surface area contributed by atoms with Crippen LogP contribution in [0.5, 0.6) is 0 Å². The Morgan fingerprint density at radius 3 is 1.12 bits per heavy atom. The van der Waals surface area contributed by atoms with E-state index < -0.39 is 0 Å². The van der Waals surface area contributed by atoms with Gasteiger partial charge in [0.15, 0.2) is 0 Å². The van der Waals surface area contributed by atoms with Gasteiger partial charge in [0.2, 0.25) is 0 Å². The van der Waals surface area contributed by atoms with Crippen LogP contribution in [-0.2, 0) is 66.5 Å². The van der Waals surface area contributed by atoms with Crippen LogP contribution in [0.1, 0.15) is 39.5 Å². The largest absolute Gasteiger partial charge is 0.463 e. The van der Waals surface area contributed by atoms with Crippen molar-refractivity contribution in [2.45, 2.75) is 39.5 Å². The molecule has 1 atom stereocenters. The first-order valence-electron chi connectivity index (χ1n) is 17.6. The number of unbranched alkanes of at least 4 members (excludes halogenated alkanes) is 1. The molecule has 0 fully saturated rings. The summed E-state index contributed by atoms with van der Waals surface area (Å²) in [4.78, 5) is 36.0. The van der Waals surface area contributed by atoms with Gasteiger partial charge in [0, 0.05) is 12.2 Å². The van der Waals surface area contributed by atoms with Crippen LogP contribution in [0.25, 0.3) is 0 Å². The second kappa shape index (κ2) is 34.4. The Balaban J connectivity index is 1.66. The lowest BCUT2D eigenvalue weighted by Crippen LogP contribution is -2.33. The molecule has 0 saturated carbocycles. The fraction of sp³-hybridized carbons (Fsp3) is 0.853. The zero-order valence-corrected chi connectivity index (χ0v) is 29.8. The minimum atomic E-state index is -0.309. The van der Waals surface area contributed by atoms with E-state index in [0.717, 1.165) is 30.6 Å². The van der Waals surface area contributed by atoms with Crippen molar-refractivity contribution in [2.24, 2.45) is 5.92 Å². The summed E-state index contributed by atoms with van der Waals surface area (Å²) in [6.45, 7) is 13.6. The van der Waals surface area contributed by atoms with Crippen LogP contribution in [0.3, 0.4) is 0 Å². The first-order valence-corrected chi connectivity index (χ1v) is 17.6. The third kappa shape index (κ3) is 27.4. The van der Waals surface area contributed by atoms with Crippen molar-refractivity contribution in [2.75, 3.05) is 145 Å². The van der Waals surface area contributed by atoms with E-state index in [0.29, 0.717) is 126 Å². The fourth-order valence-electron chi connectivity index (χ4n) is 4.15. The average Bonchev–Trinajstić information content (AvgIpc) is 3.43. The molecule has 0 N–H and O–H groups in total. The van der Waals surface area contributed by atoms with Gasteiger partial charge in [-0.2, -0.15) is 0 Å². The van der Waals surface area contributed by atoms with Crippen LogP contribution in [0, 0.1) is 5.92 Å². The van der Waals surface area contributed by atoms with Gasteiger partial charge in [-0.3, -0.25) is 19.3 Å². The Hall–Kier alpha value is -2.05. The number of carbonyl (C=O) groups excluding carboxylic acids is 3. The molecule has 1 rings (SSSR count). The van der Waals surface area contributed by atoms with Crippen LogP contribution < -0.4 is 0 Å². The number of ether oxygens (including phenoxy) is 11. The topological polar surface area (TPSA) is 156 Å². The number of carbonyl (C=O) groups is 3. The Kier molecular flexibility index (Phi) is 31.6. The summed E-state index contributed by atoms with van der Waals surface area (Å²) >= 11 is 0. The lowest BCUT2D eigenvalue weighted by atomic mass is 10.00. The second-order valence-electron chi connectivity index (χ2n) is 10.7. The minimum absolute atomic E-state index is 0.00977. The molecule has 0 bridgehead atoms. The van der Waals surface area contributed by atoms with E-state index in [1.54, 1.807) is 0 Å². The van der Waals surface area contributed by atoms with Gasteiger partial charge < -0.3 is 52.1 Å². The molecule has 1 unspecified atom stereocenters. The van der Waals surface area contributed by atoms with Crippen molar-refractivity contribution in [1.29, 1.82) is 0 Å². The molecule has 0 aliphatic carbocycles.